The maximum absolute atomic E-state index is 10.9. The summed E-state index contributed by atoms with van der Waals surface area (Å²) in [5.74, 6) is -2.73. The fourth-order valence-corrected chi connectivity index (χ4v) is 2.72. The predicted octanol–water partition coefficient (Wildman–Crippen LogP) is -2.50. The van der Waals surface area contributed by atoms with E-state index in [9.17, 15) is 20.1 Å². The number of fused-ring (bicyclic) bond motifs is 2. The molecule has 0 aromatic heterocycles. The molecule has 0 heterocycles. The van der Waals surface area contributed by atoms with Crippen LogP contribution in [0.2, 0.25) is 0 Å². The van der Waals surface area contributed by atoms with E-state index < -0.39 is 41.7 Å². The summed E-state index contributed by atoms with van der Waals surface area (Å²) < 4.78 is 0. The quantitative estimate of drug-likeness (QED) is 0.321. The van der Waals surface area contributed by atoms with E-state index in [0.29, 0.717) is 0 Å². The number of aliphatic carboxylic acids is 1. The maximum atomic E-state index is 10.9. The molecule has 2 bridgehead atoms. The summed E-state index contributed by atoms with van der Waals surface area (Å²) in [6.07, 6.45) is -3.24. The van der Waals surface area contributed by atoms with Gasteiger partial charge in [0.2, 0.25) is 0 Å². The van der Waals surface area contributed by atoms with Gasteiger partial charge in [-0.2, -0.15) is 0 Å². The van der Waals surface area contributed by atoms with E-state index in [-0.39, 0.29) is 6.42 Å². The Morgan fingerprint density at radius 3 is 2.29 bits per heavy atom. The van der Waals surface area contributed by atoms with Crippen molar-refractivity contribution in [3.05, 3.63) is 0 Å². The van der Waals surface area contributed by atoms with Crippen LogP contribution in [0, 0.1) is 11.8 Å². The smallest absolute Gasteiger partial charge is 0.326 e. The molecule has 0 aromatic rings. The van der Waals surface area contributed by atoms with Gasteiger partial charge in [-0.1, -0.05) is 0 Å². The number of hydrogen-bond donors (Lipinski definition) is 5. The second kappa shape index (κ2) is 2.66. The van der Waals surface area contributed by atoms with E-state index in [1.54, 1.807) is 0 Å². The Hall–Kier alpha value is -0.690. The third-order valence-electron chi connectivity index (χ3n) is 3.61. The van der Waals surface area contributed by atoms with Crippen LogP contribution in [0.15, 0.2) is 0 Å². The number of aliphatic hydroxyl groups excluding tert-OH is 3. The van der Waals surface area contributed by atoms with Gasteiger partial charge in [-0.3, -0.25) is 4.79 Å². The van der Waals surface area contributed by atoms with Crippen LogP contribution < -0.4 is 5.73 Å². The molecule has 6 N–H and O–H groups in total. The topological polar surface area (TPSA) is 124 Å². The molecule has 2 fully saturated rings. The SMILES string of the molecule is N[C@@]1(C(=O)O)[C@@H](O)[C@@H]2C[C@H]1[C@@H](O)[C@H]2O. The van der Waals surface area contributed by atoms with Crippen LogP contribution in [0.4, 0.5) is 0 Å². The number of aliphatic hydroxyl groups is 3. The van der Waals surface area contributed by atoms with Crippen LogP contribution in [0.3, 0.4) is 0 Å². The molecule has 0 amide bonds. The normalized spacial score (nSPS) is 56.4. The molecule has 14 heavy (non-hydrogen) atoms. The minimum absolute atomic E-state index is 0.256. The average molecular weight is 203 g/mol. The molecule has 2 aliphatic rings. The lowest BCUT2D eigenvalue weighted by atomic mass is 9.77. The second-order valence-corrected chi connectivity index (χ2v) is 4.17. The van der Waals surface area contributed by atoms with E-state index in [1.807, 2.05) is 0 Å². The molecule has 80 valence electrons. The predicted molar refractivity (Wildman–Crippen MR) is 44.2 cm³/mol. The van der Waals surface area contributed by atoms with E-state index in [0.717, 1.165) is 0 Å². The van der Waals surface area contributed by atoms with Crippen molar-refractivity contribution in [2.75, 3.05) is 0 Å². The molecule has 2 aliphatic carbocycles. The highest BCUT2D eigenvalue weighted by molar-refractivity contribution is 5.81. The number of carboxylic acids is 1. The third kappa shape index (κ3) is 0.864. The van der Waals surface area contributed by atoms with Crippen LogP contribution in [-0.2, 0) is 4.79 Å². The lowest BCUT2D eigenvalue weighted by molar-refractivity contribution is -0.160. The van der Waals surface area contributed by atoms with Crippen LogP contribution in [0.1, 0.15) is 6.42 Å². The molecule has 6 nitrogen and oxygen atoms in total. The zero-order valence-corrected chi connectivity index (χ0v) is 7.37. The third-order valence-corrected chi connectivity index (χ3v) is 3.61. The van der Waals surface area contributed by atoms with Gasteiger partial charge in [-0.25, -0.2) is 0 Å². The van der Waals surface area contributed by atoms with E-state index in [4.69, 9.17) is 10.8 Å². The van der Waals surface area contributed by atoms with Crippen LogP contribution >= 0.6 is 0 Å². The highest BCUT2D eigenvalue weighted by Gasteiger charge is 2.67. The molecular formula is C8H13NO5. The Morgan fingerprint density at radius 2 is 1.86 bits per heavy atom. The summed E-state index contributed by atoms with van der Waals surface area (Å²) in [6.45, 7) is 0. The standard InChI is InChI=1S/C8H13NO5/c9-8(7(13)14)3-1-2(6(8)12)4(10)5(3)11/h2-6,10-12H,1,9H2,(H,13,14)/t2-,3+,4+,5-,6+,8-/m1/s1. The van der Waals surface area contributed by atoms with Crippen molar-refractivity contribution < 1.29 is 25.2 Å². The van der Waals surface area contributed by atoms with Gasteiger partial charge >= 0.3 is 5.97 Å². The highest BCUT2D eigenvalue weighted by Crippen LogP contribution is 2.49. The highest BCUT2D eigenvalue weighted by atomic mass is 16.4. The molecule has 6 atom stereocenters. The lowest BCUT2D eigenvalue weighted by Crippen LogP contribution is -2.66. The van der Waals surface area contributed by atoms with E-state index in [1.165, 1.54) is 0 Å². The number of carboxylic acid groups (broad SMARTS) is 1. The van der Waals surface area contributed by atoms with Gasteiger partial charge in [0.05, 0.1) is 18.3 Å². The van der Waals surface area contributed by atoms with Crippen molar-refractivity contribution in [3.8, 4) is 0 Å². The van der Waals surface area contributed by atoms with Gasteiger partial charge in [-0.15, -0.1) is 0 Å². The zero-order valence-electron chi connectivity index (χ0n) is 7.37. The fraction of sp³-hybridized carbons (Fsp3) is 0.875. The summed E-state index contributed by atoms with van der Waals surface area (Å²) in [5, 5.41) is 37.4. The van der Waals surface area contributed by atoms with Crippen LogP contribution in [0.5, 0.6) is 0 Å². The van der Waals surface area contributed by atoms with Crippen molar-refractivity contribution in [3.63, 3.8) is 0 Å². The number of carbonyl (C=O) groups is 1. The van der Waals surface area contributed by atoms with Crippen molar-refractivity contribution in [1.82, 2.24) is 0 Å². The van der Waals surface area contributed by atoms with Gasteiger partial charge in [0, 0.05) is 11.8 Å². The Kier molecular flexibility index (Phi) is 1.87. The van der Waals surface area contributed by atoms with Gasteiger partial charge in [0.25, 0.3) is 0 Å². The monoisotopic (exact) mass is 203 g/mol. The van der Waals surface area contributed by atoms with Crippen LogP contribution in [0.25, 0.3) is 0 Å². The summed E-state index contributed by atoms with van der Waals surface area (Å²) in [6, 6.07) is 0. The molecule has 0 aromatic carbocycles. The minimum atomic E-state index is -1.82. The number of hydrogen-bond acceptors (Lipinski definition) is 5. The molecule has 0 aliphatic heterocycles. The summed E-state index contributed by atoms with van der Waals surface area (Å²) in [7, 11) is 0. The fourth-order valence-electron chi connectivity index (χ4n) is 2.72. The molecule has 0 saturated heterocycles. The first-order chi connectivity index (χ1) is 6.40. The first kappa shape index (κ1) is 9.85. The number of rotatable bonds is 1. The van der Waals surface area contributed by atoms with Gasteiger partial charge in [0.1, 0.15) is 5.54 Å². The van der Waals surface area contributed by atoms with Gasteiger partial charge < -0.3 is 26.2 Å². The Balaban J connectivity index is 2.37. The Bertz CT molecular complexity index is 283. The van der Waals surface area contributed by atoms with Crippen molar-refractivity contribution >= 4 is 5.97 Å². The second-order valence-electron chi connectivity index (χ2n) is 4.17. The maximum Gasteiger partial charge on any atom is 0.326 e. The number of nitrogens with two attached hydrogens (primary N) is 1. The molecule has 0 radical (unpaired) electrons. The molecule has 2 rings (SSSR count). The first-order valence-corrected chi connectivity index (χ1v) is 4.47. The van der Waals surface area contributed by atoms with Gasteiger partial charge in [0.15, 0.2) is 0 Å². The lowest BCUT2D eigenvalue weighted by Gasteiger charge is -2.38. The first-order valence-electron chi connectivity index (χ1n) is 4.47. The van der Waals surface area contributed by atoms with Crippen molar-refractivity contribution in [2.45, 2.75) is 30.3 Å². The van der Waals surface area contributed by atoms with Crippen molar-refractivity contribution in [1.29, 1.82) is 0 Å². The Labute approximate surface area is 80.0 Å². The van der Waals surface area contributed by atoms with Crippen LogP contribution in [-0.4, -0.2) is 50.2 Å². The zero-order chi connectivity index (χ0) is 10.7. The van der Waals surface area contributed by atoms with Crippen molar-refractivity contribution in [2.24, 2.45) is 17.6 Å². The molecule has 0 unspecified atom stereocenters. The molecular weight excluding hydrogens is 190 g/mol. The van der Waals surface area contributed by atoms with E-state index in [2.05, 4.69) is 0 Å². The summed E-state index contributed by atoms with van der Waals surface area (Å²) >= 11 is 0. The summed E-state index contributed by atoms with van der Waals surface area (Å²) in [5.41, 5.74) is 3.75. The Morgan fingerprint density at radius 1 is 1.29 bits per heavy atom. The van der Waals surface area contributed by atoms with E-state index >= 15 is 0 Å². The average Bonchev–Trinajstić information content (AvgIpc) is 2.54. The summed E-state index contributed by atoms with van der Waals surface area (Å²) in [4.78, 5) is 10.9. The molecule has 0 spiro atoms. The minimum Gasteiger partial charge on any atom is -0.480 e. The molecule has 6 heteroatoms. The van der Waals surface area contributed by atoms with Gasteiger partial charge in [-0.05, 0) is 6.42 Å². The molecule has 2 saturated carbocycles. The largest absolute Gasteiger partial charge is 0.480 e.